The number of nitrogens with zero attached hydrogens (tertiary/aromatic N) is 1. The summed E-state index contributed by atoms with van der Waals surface area (Å²) in [4.78, 5) is 20.6. The maximum Gasteiger partial charge on any atom is 0.326 e. The second-order valence-electron chi connectivity index (χ2n) is 3.25. The predicted octanol–water partition coefficient (Wildman–Crippen LogP) is 1.87. The highest BCUT2D eigenvalue weighted by atomic mass is 16.6. The Hall–Kier alpha value is -2.11. The van der Waals surface area contributed by atoms with Gasteiger partial charge in [0.2, 0.25) is 0 Å². The van der Waals surface area contributed by atoms with Crippen LogP contribution in [-0.4, -0.2) is 22.0 Å². The predicted molar refractivity (Wildman–Crippen MR) is 58.4 cm³/mol. The van der Waals surface area contributed by atoms with Gasteiger partial charge in [0.15, 0.2) is 0 Å². The molecule has 0 radical (unpaired) electrons. The Bertz CT molecular complexity index is 388. The Kier molecular flexibility index (Phi) is 3.82. The molecular weight excluding hydrogens is 212 g/mol. The first kappa shape index (κ1) is 12.0. The SMILES string of the molecule is CC[C@H](Nc1ccc([N+](=O)[O-])cc1)C(=O)O. The largest absolute Gasteiger partial charge is 0.480 e. The molecule has 0 saturated carbocycles. The van der Waals surface area contributed by atoms with E-state index in [0.29, 0.717) is 12.1 Å². The molecule has 1 rings (SSSR count). The topological polar surface area (TPSA) is 92.5 Å². The zero-order valence-electron chi connectivity index (χ0n) is 8.71. The number of nitrogens with one attached hydrogen (secondary N) is 1. The number of benzene rings is 1. The van der Waals surface area contributed by atoms with Crippen LogP contribution in [0.4, 0.5) is 11.4 Å². The summed E-state index contributed by atoms with van der Waals surface area (Å²) in [6, 6.07) is 4.96. The molecule has 2 N–H and O–H groups in total. The molecule has 1 aromatic rings. The molecule has 6 heteroatoms. The maximum absolute atomic E-state index is 10.7. The third-order valence-electron chi connectivity index (χ3n) is 2.13. The van der Waals surface area contributed by atoms with Crippen molar-refractivity contribution in [1.29, 1.82) is 0 Å². The molecule has 16 heavy (non-hydrogen) atoms. The molecule has 1 aromatic carbocycles. The Morgan fingerprint density at radius 2 is 2.06 bits per heavy atom. The van der Waals surface area contributed by atoms with E-state index in [0.717, 1.165) is 0 Å². The lowest BCUT2D eigenvalue weighted by Gasteiger charge is -2.13. The van der Waals surface area contributed by atoms with Gasteiger partial charge in [-0.2, -0.15) is 0 Å². The zero-order valence-corrected chi connectivity index (χ0v) is 8.71. The molecule has 0 spiro atoms. The number of carbonyl (C=O) groups is 1. The van der Waals surface area contributed by atoms with Crippen molar-refractivity contribution in [3.05, 3.63) is 34.4 Å². The van der Waals surface area contributed by atoms with E-state index in [1.807, 2.05) is 0 Å². The number of carboxylic acid groups (broad SMARTS) is 1. The van der Waals surface area contributed by atoms with Crippen LogP contribution in [0, 0.1) is 10.1 Å². The Morgan fingerprint density at radius 1 is 1.50 bits per heavy atom. The average Bonchev–Trinajstić information content (AvgIpc) is 2.26. The maximum atomic E-state index is 10.7. The van der Waals surface area contributed by atoms with Gasteiger partial charge in [-0.15, -0.1) is 0 Å². The van der Waals surface area contributed by atoms with Crippen LogP contribution in [-0.2, 0) is 4.79 Å². The van der Waals surface area contributed by atoms with Crippen molar-refractivity contribution in [3.63, 3.8) is 0 Å². The smallest absolute Gasteiger partial charge is 0.326 e. The first-order chi connectivity index (χ1) is 7.54. The lowest BCUT2D eigenvalue weighted by Crippen LogP contribution is -2.28. The van der Waals surface area contributed by atoms with Crippen molar-refractivity contribution in [2.75, 3.05) is 5.32 Å². The Balaban J connectivity index is 2.75. The zero-order chi connectivity index (χ0) is 12.1. The van der Waals surface area contributed by atoms with Crippen molar-refractivity contribution >= 4 is 17.3 Å². The summed E-state index contributed by atoms with van der Waals surface area (Å²) in [6.45, 7) is 1.75. The van der Waals surface area contributed by atoms with E-state index in [2.05, 4.69) is 5.32 Å². The van der Waals surface area contributed by atoms with E-state index in [4.69, 9.17) is 5.11 Å². The van der Waals surface area contributed by atoms with Gasteiger partial charge in [-0.3, -0.25) is 10.1 Å². The van der Waals surface area contributed by atoms with E-state index in [1.165, 1.54) is 24.3 Å². The van der Waals surface area contributed by atoms with E-state index >= 15 is 0 Å². The minimum Gasteiger partial charge on any atom is -0.480 e. The molecule has 0 unspecified atom stereocenters. The van der Waals surface area contributed by atoms with Crippen molar-refractivity contribution < 1.29 is 14.8 Å². The third-order valence-corrected chi connectivity index (χ3v) is 2.13. The number of non-ortho nitro benzene ring substituents is 1. The number of nitro groups is 1. The molecule has 1 atom stereocenters. The summed E-state index contributed by atoms with van der Waals surface area (Å²) in [5.74, 6) is -0.944. The standard InChI is InChI=1S/C10H12N2O4/c1-2-9(10(13)14)11-7-3-5-8(6-4-7)12(15)16/h3-6,9,11H,2H2,1H3,(H,13,14)/t9-/m0/s1. The van der Waals surface area contributed by atoms with E-state index in [9.17, 15) is 14.9 Å². The number of anilines is 1. The van der Waals surface area contributed by atoms with Crippen LogP contribution in [0.1, 0.15) is 13.3 Å². The molecule has 0 saturated heterocycles. The van der Waals surface area contributed by atoms with Gasteiger partial charge >= 0.3 is 5.97 Å². The van der Waals surface area contributed by atoms with Gasteiger partial charge in [0.1, 0.15) is 6.04 Å². The van der Waals surface area contributed by atoms with E-state index in [1.54, 1.807) is 6.92 Å². The second kappa shape index (κ2) is 5.11. The van der Waals surface area contributed by atoms with Crippen molar-refractivity contribution in [3.8, 4) is 0 Å². The summed E-state index contributed by atoms with van der Waals surface area (Å²) in [5.41, 5.74) is 0.536. The number of rotatable bonds is 5. The first-order valence-corrected chi connectivity index (χ1v) is 4.78. The van der Waals surface area contributed by atoms with Crippen LogP contribution in [0.2, 0.25) is 0 Å². The number of carboxylic acids is 1. The minimum absolute atomic E-state index is 0.0195. The van der Waals surface area contributed by atoms with Gasteiger partial charge < -0.3 is 10.4 Å². The molecule has 0 fully saturated rings. The van der Waals surface area contributed by atoms with Crippen molar-refractivity contribution in [2.24, 2.45) is 0 Å². The number of nitro benzene ring substituents is 1. The fourth-order valence-corrected chi connectivity index (χ4v) is 1.22. The molecule has 0 heterocycles. The highest BCUT2D eigenvalue weighted by Gasteiger charge is 2.14. The van der Waals surface area contributed by atoms with Gasteiger partial charge in [0, 0.05) is 17.8 Å². The van der Waals surface area contributed by atoms with Crippen molar-refractivity contribution in [2.45, 2.75) is 19.4 Å². The van der Waals surface area contributed by atoms with Gasteiger partial charge in [0.25, 0.3) is 5.69 Å². The molecule has 0 aliphatic rings. The summed E-state index contributed by atoms with van der Waals surface area (Å²) in [6.07, 6.45) is 0.437. The first-order valence-electron chi connectivity index (χ1n) is 4.78. The van der Waals surface area contributed by atoms with Crippen LogP contribution < -0.4 is 5.32 Å². The van der Waals surface area contributed by atoms with Gasteiger partial charge in [0.05, 0.1) is 4.92 Å². The lowest BCUT2D eigenvalue weighted by atomic mass is 10.2. The molecule has 86 valence electrons. The van der Waals surface area contributed by atoms with E-state index < -0.39 is 16.9 Å². The van der Waals surface area contributed by atoms with Crippen molar-refractivity contribution in [1.82, 2.24) is 0 Å². The molecule has 0 aliphatic carbocycles. The quantitative estimate of drug-likeness (QED) is 0.588. The fourth-order valence-electron chi connectivity index (χ4n) is 1.22. The van der Waals surface area contributed by atoms with Crippen LogP contribution in [0.25, 0.3) is 0 Å². The lowest BCUT2D eigenvalue weighted by molar-refractivity contribution is -0.384. The average molecular weight is 224 g/mol. The van der Waals surface area contributed by atoms with Gasteiger partial charge in [-0.25, -0.2) is 4.79 Å². The molecule has 0 bridgehead atoms. The van der Waals surface area contributed by atoms with Crippen LogP contribution in [0.15, 0.2) is 24.3 Å². The summed E-state index contributed by atoms with van der Waals surface area (Å²) in [7, 11) is 0. The molecule has 0 aliphatic heterocycles. The monoisotopic (exact) mass is 224 g/mol. The Morgan fingerprint density at radius 3 is 2.44 bits per heavy atom. The van der Waals surface area contributed by atoms with Crippen LogP contribution in [0.5, 0.6) is 0 Å². The highest BCUT2D eigenvalue weighted by Crippen LogP contribution is 2.16. The number of hydrogen-bond donors (Lipinski definition) is 2. The molecule has 0 aromatic heterocycles. The molecule has 0 amide bonds. The molecular formula is C10H12N2O4. The van der Waals surface area contributed by atoms with Crippen LogP contribution >= 0.6 is 0 Å². The van der Waals surface area contributed by atoms with E-state index in [-0.39, 0.29) is 5.69 Å². The van der Waals surface area contributed by atoms with Gasteiger partial charge in [-0.05, 0) is 18.6 Å². The summed E-state index contributed by atoms with van der Waals surface area (Å²) in [5, 5.41) is 22.0. The van der Waals surface area contributed by atoms with Gasteiger partial charge in [-0.1, -0.05) is 6.92 Å². The second-order valence-corrected chi connectivity index (χ2v) is 3.25. The fraction of sp³-hybridized carbons (Fsp3) is 0.300. The molecule has 6 nitrogen and oxygen atoms in total. The minimum atomic E-state index is -0.944. The summed E-state index contributed by atoms with van der Waals surface area (Å²) >= 11 is 0. The number of aliphatic carboxylic acids is 1. The normalized spacial score (nSPS) is 11.8. The highest BCUT2D eigenvalue weighted by molar-refractivity contribution is 5.77. The Labute approximate surface area is 92.0 Å². The van der Waals surface area contributed by atoms with Crippen LogP contribution in [0.3, 0.4) is 0 Å². The number of hydrogen-bond acceptors (Lipinski definition) is 4. The third kappa shape index (κ3) is 2.94. The summed E-state index contributed by atoms with van der Waals surface area (Å²) < 4.78 is 0.